The van der Waals surface area contributed by atoms with Crippen LogP contribution in [0.3, 0.4) is 0 Å². The van der Waals surface area contributed by atoms with Gasteiger partial charge in [0.05, 0.1) is 18.1 Å². The first-order valence-electron chi connectivity index (χ1n) is 5.49. The van der Waals surface area contributed by atoms with E-state index in [9.17, 15) is 4.79 Å². The smallest absolute Gasteiger partial charge is 0.219 e. The van der Waals surface area contributed by atoms with E-state index in [4.69, 9.17) is 5.73 Å². The molecule has 1 saturated heterocycles. The van der Waals surface area contributed by atoms with Crippen molar-refractivity contribution in [3.8, 4) is 0 Å². The maximum atomic E-state index is 11.3. The molecule has 0 aliphatic carbocycles. The number of hydrogen-bond acceptors (Lipinski definition) is 4. The summed E-state index contributed by atoms with van der Waals surface area (Å²) in [6.45, 7) is 3.21. The van der Waals surface area contributed by atoms with E-state index in [-0.39, 0.29) is 5.91 Å². The van der Waals surface area contributed by atoms with Crippen molar-refractivity contribution >= 4 is 11.7 Å². The first-order valence-corrected chi connectivity index (χ1v) is 5.49. The maximum absolute atomic E-state index is 11.3. The molecule has 86 valence electrons. The van der Waals surface area contributed by atoms with Crippen LogP contribution in [0.15, 0.2) is 12.4 Å². The van der Waals surface area contributed by atoms with Crippen LogP contribution in [-0.4, -0.2) is 33.9 Å². The number of anilines is 1. The lowest BCUT2D eigenvalue weighted by atomic mass is 9.95. The van der Waals surface area contributed by atoms with Gasteiger partial charge in [0.2, 0.25) is 5.91 Å². The highest BCUT2D eigenvalue weighted by molar-refractivity contribution is 5.73. The second-order valence-corrected chi connectivity index (χ2v) is 4.17. The molecule has 2 heterocycles. The summed E-state index contributed by atoms with van der Waals surface area (Å²) in [4.78, 5) is 21.5. The average molecular weight is 220 g/mol. The number of carbonyl (C=O) groups excluding carboxylic acids is 1. The number of amides is 1. The van der Waals surface area contributed by atoms with Crippen LogP contribution in [0.1, 0.15) is 31.4 Å². The Morgan fingerprint density at radius 3 is 2.94 bits per heavy atom. The summed E-state index contributed by atoms with van der Waals surface area (Å²) in [6, 6.07) is 0. The molecule has 0 bridgehead atoms. The van der Waals surface area contributed by atoms with Crippen molar-refractivity contribution in [3.05, 3.63) is 18.1 Å². The number of aromatic nitrogens is 2. The van der Waals surface area contributed by atoms with Crippen LogP contribution in [0.2, 0.25) is 0 Å². The fourth-order valence-corrected chi connectivity index (χ4v) is 2.06. The molecule has 1 aromatic heterocycles. The van der Waals surface area contributed by atoms with Gasteiger partial charge in [0.15, 0.2) is 0 Å². The van der Waals surface area contributed by atoms with Crippen molar-refractivity contribution in [1.29, 1.82) is 0 Å². The van der Waals surface area contributed by atoms with E-state index in [1.54, 1.807) is 19.3 Å². The summed E-state index contributed by atoms with van der Waals surface area (Å²) in [5.74, 6) is 0.863. The van der Waals surface area contributed by atoms with Gasteiger partial charge in [-0.2, -0.15) is 0 Å². The molecule has 1 atom stereocenters. The summed E-state index contributed by atoms with van der Waals surface area (Å²) < 4.78 is 0. The van der Waals surface area contributed by atoms with E-state index in [1.165, 1.54) is 0 Å². The summed E-state index contributed by atoms with van der Waals surface area (Å²) in [6.07, 6.45) is 5.37. The van der Waals surface area contributed by atoms with Gasteiger partial charge in [0.1, 0.15) is 5.82 Å². The predicted molar refractivity (Wildman–Crippen MR) is 60.7 cm³/mol. The molecule has 1 aliphatic rings. The van der Waals surface area contributed by atoms with Crippen LogP contribution >= 0.6 is 0 Å². The number of nitrogens with two attached hydrogens (primary N) is 1. The minimum absolute atomic E-state index is 0.133. The van der Waals surface area contributed by atoms with Gasteiger partial charge in [0, 0.05) is 25.9 Å². The lowest BCUT2D eigenvalue weighted by Gasteiger charge is -2.31. The van der Waals surface area contributed by atoms with Crippen molar-refractivity contribution in [2.45, 2.75) is 25.7 Å². The number of carbonyl (C=O) groups is 1. The van der Waals surface area contributed by atoms with Crippen LogP contribution in [0.25, 0.3) is 0 Å². The number of rotatable bonds is 1. The molecule has 0 saturated carbocycles. The largest absolute Gasteiger partial charge is 0.382 e. The lowest BCUT2D eigenvalue weighted by molar-refractivity contribution is -0.130. The van der Waals surface area contributed by atoms with Crippen LogP contribution in [0.5, 0.6) is 0 Å². The molecule has 0 spiro atoms. The molecule has 1 aromatic rings. The number of likely N-dealkylation sites (tertiary alicyclic amines) is 1. The summed E-state index contributed by atoms with van der Waals surface area (Å²) in [7, 11) is 0. The van der Waals surface area contributed by atoms with E-state index in [0.29, 0.717) is 11.7 Å². The summed E-state index contributed by atoms with van der Waals surface area (Å²) in [5, 5.41) is 0. The fraction of sp³-hybridized carbons (Fsp3) is 0.545. The Labute approximate surface area is 94.7 Å². The van der Waals surface area contributed by atoms with E-state index in [1.807, 2.05) is 4.90 Å². The van der Waals surface area contributed by atoms with Crippen LogP contribution in [0, 0.1) is 0 Å². The molecule has 16 heavy (non-hydrogen) atoms. The van der Waals surface area contributed by atoms with E-state index >= 15 is 0 Å². The molecular weight excluding hydrogens is 204 g/mol. The highest BCUT2D eigenvalue weighted by Gasteiger charge is 2.23. The van der Waals surface area contributed by atoms with Gasteiger partial charge in [0.25, 0.3) is 0 Å². The molecule has 1 aliphatic heterocycles. The quantitative estimate of drug-likeness (QED) is 0.759. The first kappa shape index (κ1) is 10.9. The molecule has 0 radical (unpaired) electrons. The second-order valence-electron chi connectivity index (χ2n) is 4.17. The Balaban J connectivity index is 2.09. The number of hydrogen-bond donors (Lipinski definition) is 1. The SMILES string of the molecule is CC(=O)N1CCCC(c2cnc(N)cn2)C1. The third-order valence-corrected chi connectivity index (χ3v) is 2.98. The molecule has 1 unspecified atom stereocenters. The van der Waals surface area contributed by atoms with Crippen LogP contribution in [-0.2, 0) is 4.79 Å². The molecule has 5 nitrogen and oxygen atoms in total. The molecule has 1 fully saturated rings. The third kappa shape index (κ3) is 2.29. The van der Waals surface area contributed by atoms with Crippen LogP contribution in [0.4, 0.5) is 5.82 Å². The molecule has 2 N–H and O–H groups in total. The maximum Gasteiger partial charge on any atom is 0.219 e. The summed E-state index contributed by atoms with van der Waals surface area (Å²) in [5.41, 5.74) is 6.42. The highest BCUT2D eigenvalue weighted by Crippen LogP contribution is 2.25. The predicted octanol–water partition coefficient (Wildman–Crippen LogP) is 0.785. The van der Waals surface area contributed by atoms with Gasteiger partial charge in [-0.3, -0.25) is 9.78 Å². The van der Waals surface area contributed by atoms with Crippen molar-refractivity contribution < 1.29 is 4.79 Å². The molecular formula is C11H16N4O. The van der Waals surface area contributed by atoms with Crippen molar-refractivity contribution in [1.82, 2.24) is 14.9 Å². The normalized spacial score (nSPS) is 20.8. The van der Waals surface area contributed by atoms with Crippen LogP contribution < -0.4 is 5.73 Å². The Morgan fingerprint density at radius 1 is 1.50 bits per heavy atom. The minimum atomic E-state index is 0.133. The molecule has 1 amide bonds. The van der Waals surface area contributed by atoms with Crippen molar-refractivity contribution in [3.63, 3.8) is 0 Å². The second kappa shape index (κ2) is 4.47. The number of piperidine rings is 1. The minimum Gasteiger partial charge on any atom is -0.382 e. The lowest BCUT2D eigenvalue weighted by Crippen LogP contribution is -2.37. The number of nitrogens with zero attached hydrogens (tertiary/aromatic N) is 3. The highest BCUT2D eigenvalue weighted by atomic mass is 16.2. The van der Waals surface area contributed by atoms with E-state index in [2.05, 4.69) is 9.97 Å². The van der Waals surface area contributed by atoms with Gasteiger partial charge in [-0.15, -0.1) is 0 Å². The van der Waals surface area contributed by atoms with Gasteiger partial charge in [-0.1, -0.05) is 0 Å². The zero-order valence-corrected chi connectivity index (χ0v) is 9.39. The standard InChI is InChI=1S/C11H16N4O/c1-8(16)15-4-2-3-9(7-15)10-5-14-11(12)6-13-10/h5-6,9H,2-4,7H2,1H3,(H2,12,14). The Hall–Kier alpha value is -1.65. The molecule has 5 heteroatoms. The Kier molecular flexibility index (Phi) is 3.03. The number of nitrogen functional groups attached to an aromatic ring is 1. The zero-order chi connectivity index (χ0) is 11.5. The zero-order valence-electron chi connectivity index (χ0n) is 9.39. The fourth-order valence-electron chi connectivity index (χ4n) is 2.06. The Morgan fingerprint density at radius 2 is 2.31 bits per heavy atom. The summed E-state index contributed by atoms with van der Waals surface area (Å²) >= 11 is 0. The van der Waals surface area contributed by atoms with Gasteiger partial charge in [-0.25, -0.2) is 4.98 Å². The van der Waals surface area contributed by atoms with E-state index < -0.39 is 0 Å². The third-order valence-electron chi connectivity index (χ3n) is 2.98. The van der Waals surface area contributed by atoms with Gasteiger partial charge in [-0.05, 0) is 12.8 Å². The topological polar surface area (TPSA) is 72.1 Å². The monoisotopic (exact) mass is 220 g/mol. The van der Waals surface area contributed by atoms with Gasteiger partial charge >= 0.3 is 0 Å². The van der Waals surface area contributed by atoms with Crippen molar-refractivity contribution in [2.75, 3.05) is 18.8 Å². The first-order chi connectivity index (χ1) is 7.66. The van der Waals surface area contributed by atoms with Gasteiger partial charge < -0.3 is 10.6 Å². The average Bonchev–Trinajstić information content (AvgIpc) is 2.30. The van der Waals surface area contributed by atoms with E-state index in [0.717, 1.165) is 31.6 Å². The molecule has 2 rings (SSSR count). The Bertz CT molecular complexity index is 376. The molecule has 0 aromatic carbocycles. The van der Waals surface area contributed by atoms with Crippen molar-refractivity contribution in [2.24, 2.45) is 0 Å².